The van der Waals surface area contributed by atoms with Gasteiger partial charge in [0.05, 0.1) is 19.5 Å². The number of nitrogens with one attached hydrogen (secondary N) is 1. The molecule has 9 heteroatoms. The first-order valence-electron chi connectivity index (χ1n) is 10.4. The molecule has 0 aliphatic carbocycles. The molecule has 1 amide bonds. The summed E-state index contributed by atoms with van der Waals surface area (Å²) in [6.45, 7) is 8.04. The van der Waals surface area contributed by atoms with E-state index >= 15 is 0 Å². The minimum atomic E-state index is -0.404. The van der Waals surface area contributed by atoms with Crippen molar-refractivity contribution >= 4 is 23.4 Å². The number of thioether (sulfide) groups is 1. The first-order valence-corrected chi connectivity index (χ1v) is 11.3. The maximum atomic E-state index is 12.7. The van der Waals surface area contributed by atoms with Crippen LogP contribution < -0.4 is 19.5 Å². The highest BCUT2D eigenvalue weighted by Gasteiger charge is 2.23. The number of benzene rings is 2. The van der Waals surface area contributed by atoms with Crippen LogP contribution in [0.5, 0.6) is 17.2 Å². The van der Waals surface area contributed by atoms with E-state index in [4.69, 9.17) is 14.2 Å². The largest absolute Gasteiger partial charge is 0.497 e. The van der Waals surface area contributed by atoms with Gasteiger partial charge in [-0.1, -0.05) is 30.0 Å². The minimum Gasteiger partial charge on any atom is -0.497 e. The molecule has 1 aromatic heterocycles. The zero-order valence-electron chi connectivity index (χ0n) is 19.1. The van der Waals surface area contributed by atoms with Crippen LogP contribution in [0, 0.1) is 0 Å². The topological polar surface area (TPSA) is 87.5 Å². The molecule has 0 saturated heterocycles. The van der Waals surface area contributed by atoms with Crippen molar-refractivity contribution in [3.63, 3.8) is 0 Å². The van der Waals surface area contributed by atoms with Gasteiger partial charge in [0.15, 0.2) is 28.6 Å². The van der Waals surface area contributed by atoms with Crippen LogP contribution in [0.25, 0.3) is 0 Å². The first kappa shape index (κ1) is 24.2. The lowest BCUT2D eigenvalue weighted by atomic mass is 10.3. The summed E-state index contributed by atoms with van der Waals surface area (Å²) in [5.41, 5.74) is 0.695. The zero-order chi connectivity index (χ0) is 23.8. The third-order valence-corrected chi connectivity index (χ3v) is 5.88. The van der Waals surface area contributed by atoms with Gasteiger partial charge in [-0.25, -0.2) is 0 Å². The van der Waals surface area contributed by atoms with Gasteiger partial charge in [0.1, 0.15) is 5.75 Å². The zero-order valence-corrected chi connectivity index (χ0v) is 20.0. The SMILES string of the molecule is C=CCn1c(SC(C)C(=O)Nc2ccc(OC)cc2)nnc1C(C)Oc1ccccc1OC. The van der Waals surface area contributed by atoms with Crippen LogP contribution in [-0.4, -0.2) is 40.1 Å². The molecule has 2 aromatic carbocycles. The Morgan fingerprint density at radius 2 is 1.79 bits per heavy atom. The van der Waals surface area contributed by atoms with E-state index in [0.717, 1.165) is 5.75 Å². The fourth-order valence-corrected chi connectivity index (χ4v) is 3.94. The third-order valence-electron chi connectivity index (χ3n) is 4.80. The molecular weight excluding hydrogens is 440 g/mol. The fraction of sp³-hybridized carbons (Fsp3) is 0.292. The van der Waals surface area contributed by atoms with Crippen molar-refractivity contribution in [3.8, 4) is 17.2 Å². The summed E-state index contributed by atoms with van der Waals surface area (Å²) in [6.07, 6.45) is 1.36. The average molecular weight is 469 g/mol. The predicted octanol–water partition coefficient (Wildman–Crippen LogP) is 4.74. The lowest BCUT2D eigenvalue weighted by molar-refractivity contribution is -0.115. The number of allylic oxidation sites excluding steroid dienone is 1. The molecule has 8 nitrogen and oxygen atoms in total. The summed E-state index contributed by atoms with van der Waals surface area (Å²) in [5.74, 6) is 2.47. The van der Waals surface area contributed by atoms with Crippen molar-refractivity contribution in [2.45, 2.75) is 36.9 Å². The Morgan fingerprint density at radius 3 is 2.42 bits per heavy atom. The van der Waals surface area contributed by atoms with Gasteiger partial charge in [-0.05, 0) is 50.2 Å². The van der Waals surface area contributed by atoms with Crippen molar-refractivity contribution in [2.75, 3.05) is 19.5 Å². The molecule has 3 aromatic rings. The van der Waals surface area contributed by atoms with Crippen molar-refractivity contribution in [3.05, 3.63) is 67.0 Å². The van der Waals surface area contributed by atoms with Crippen LogP contribution in [0.15, 0.2) is 66.3 Å². The summed E-state index contributed by atoms with van der Waals surface area (Å²) in [4.78, 5) is 12.7. The Morgan fingerprint density at radius 1 is 1.09 bits per heavy atom. The molecule has 174 valence electrons. The third kappa shape index (κ3) is 6.07. The smallest absolute Gasteiger partial charge is 0.237 e. The number of carbonyl (C=O) groups excluding carboxylic acids is 1. The molecular formula is C24H28N4O4S. The predicted molar refractivity (Wildman–Crippen MR) is 129 cm³/mol. The number of rotatable bonds is 11. The number of ether oxygens (including phenoxy) is 3. The van der Waals surface area contributed by atoms with Gasteiger partial charge in [-0.15, -0.1) is 16.8 Å². The van der Waals surface area contributed by atoms with E-state index in [1.165, 1.54) is 11.8 Å². The van der Waals surface area contributed by atoms with E-state index in [1.807, 2.05) is 42.7 Å². The molecule has 1 heterocycles. The molecule has 2 atom stereocenters. The van der Waals surface area contributed by atoms with E-state index in [9.17, 15) is 4.79 Å². The normalized spacial score (nSPS) is 12.5. The van der Waals surface area contributed by atoms with Gasteiger partial charge in [-0.2, -0.15) is 0 Å². The molecule has 33 heavy (non-hydrogen) atoms. The highest BCUT2D eigenvalue weighted by molar-refractivity contribution is 8.00. The summed E-state index contributed by atoms with van der Waals surface area (Å²) in [7, 11) is 3.20. The summed E-state index contributed by atoms with van der Waals surface area (Å²) in [5, 5.41) is 11.8. The molecule has 0 aliphatic heterocycles. The van der Waals surface area contributed by atoms with Gasteiger partial charge in [0.2, 0.25) is 5.91 Å². The van der Waals surface area contributed by atoms with Crippen LogP contribution in [0.1, 0.15) is 25.8 Å². The number of anilines is 1. The lowest BCUT2D eigenvalue weighted by Crippen LogP contribution is -2.23. The molecule has 0 fully saturated rings. The molecule has 0 bridgehead atoms. The molecule has 0 radical (unpaired) electrons. The molecule has 2 unspecified atom stereocenters. The van der Waals surface area contributed by atoms with Crippen LogP contribution in [0.2, 0.25) is 0 Å². The maximum Gasteiger partial charge on any atom is 0.237 e. The number of nitrogens with zero attached hydrogens (tertiary/aromatic N) is 3. The standard InChI is InChI=1S/C24H28N4O4S/c1-6-15-28-22(16(2)32-21-10-8-7-9-20(21)31-5)26-27-24(28)33-17(3)23(29)25-18-11-13-19(30-4)14-12-18/h6-14,16-17H,1,15H2,2-5H3,(H,25,29). The van der Waals surface area contributed by atoms with E-state index in [2.05, 4.69) is 22.1 Å². The molecule has 0 aliphatic rings. The van der Waals surface area contributed by atoms with Gasteiger partial charge in [0.25, 0.3) is 0 Å². The van der Waals surface area contributed by atoms with Gasteiger partial charge >= 0.3 is 0 Å². The lowest BCUT2D eigenvalue weighted by Gasteiger charge is -2.18. The van der Waals surface area contributed by atoms with E-state index in [-0.39, 0.29) is 5.91 Å². The quantitative estimate of drug-likeness (QED) is 0.321. The summed E-state index contributed by atoms with van der Waals surface area (Å²) in [6, 6.07) is 14.6. The Balaban J connectivity index is 1.72. The van der Waals surface area contributed by atoms with E-state index in [0.29, 0.717) is 34.7 Å². The van der Waals surface area contributed by atoms with Crippen LogP contribution in [0.3, 0.4) is 0 Å². The first-order chi connectivity index (χ1) is 16.0. The number of hydrogen-bond donors (Lipinski definition) is 1. The Labute approximate surface area is 198 Å². The Bertz CT molecular complexity index is 1080. The number of hydrogen-bond acceptors (Lipinski definition) is 7. The van der Waals surface area contributed by atoms with Gasteiger partial charge in [-0.3, -0.25) is 9.36 Å². The highest BCUT2D eigenvalue weighted by atomic mass is 32.2. The second-order valence-corrected chi connectivity index (χ2v) is 8.44. The van der Waals surface area contributed by atoms with Crippen LogP contribution in [0.4, 0.5) is 5.69 Å². The fourth-order valence-electron chi connectivity index (χ4n) is 3.08. The Kier molecular flexibility index (Phi) is 8.37. The van der Waals surface area contributed by atoms with Crippen LogP contribution in [-0.2, 0) is 11.3 Å². The van der Waals surface area contributed by atoms with Crippen molar-refractivity contribution in [1.29, 1.82) is 0 Å². The van der Waals surface area contributed by atoms with Crippen molar-refractivity contribution < 1.29 is 19.0 Å². The van der Waals surface area contributed by atoms with Crippen molar-refractivity contribution in [1.82, 2.24) is 14.8 Å². The molecule has 3 rings (SSSR count). The van der Waals surface area contributed by atoms with Crippen LogP contribution >= 0.6 is 11.8 Å². The second-order valence-electron chi connectivity index (χ2n) is 7.13. The monoisotopic (exact) mass is 468 g/mol. The summed E-state index contributed by atoms with van der Waals surface area (Å²) >= 11 is 1.32. The number of carbonyl (C=O) groups is 1. The average Bonchev–Trinajstić information content (AvgIpc) is 3.22. The van der Waals surface area contributed by atoms with Gasteiger partial charge < -0.3 is 19.5 Å². The molecule has 0 saturated carbocycles. The van der Waals surface area contributed by atoms with Gasteiger partial charge in [0, 0.05) is 12.2 Å². The summed E-state index contributed by atoms with van der Waals surface area (Å²) < 4.78 is 18.5. The van der Waals surface area contributed by atoms with Crippen molar-refractivity contribution in [2.24, 2.45) is 0 Å². The molecule has 1 N–H and O–H groups in total. The second kappa shape index (κ2) is 11.4. The molecule has 0 spiro atoms. The Hall–Kier alpha value is -3.46. The number of amides is 1. The van der Waals surface area contributed by atoms with E-state index in [1.54, 1.807) is 44.6 Å². The van der Waals surface area contributed by atoms with E-state index < -0.39 is 11.4 Å². The number of para-hydroxylation sites is 2. The number of aromatic nitrogens is 3. The highest BCUT2D eigenvalue weighted by Crippen LogP contribution is 2.32. The number of methoxy groups -OCH3 is 2. The minimum absolute atomic E-state index is 0.141. The maximum absolute atomic E-state index is 12.7.